The van der Waals surface area contributed by atoms with E-state index in [1.807, 2.05) is 24.3 Å². The van der Waals surface area contributed by atoms with E-state index in [2.05, 4.69) is 4.98 Å². The number of carbonyl (C=O) groups is 2. The summed E-state index contributed by atoms with van der Waals surface area (Å²) in [6.45, 7) is 1.50. The first-order valence-electron chi connectivity index (χ1n) is 7.77. The minimum atomic E-state index is -0.430. The zero-order chi connectivity index (χ0) is 16.8. The van der Waals surface area contributed by atoms with Crippen molar-refractivity contribution in [2.75, 3.05) is 19.9 Å². The monoisotopic (exact) mass is 327 g/mol. The molecule has 7 nitrogen and oxygen atoms in total. The van der Waals surface area contributed by atoms with E-state index in [9.17, 15) is 14.7 Å². The van der Waals surface area contributed by atoms with Crippen molar-refractivity contribution >= 4 is 28.5 Å². The molecule has 2 aliphatic rings. The number of aromatic amines is 1. The number of carbonyl (C=O) groups excluding carboxylic acids is 2. The Labute approximate surface area is 138 Å². The van der Waals surface area contributed by atoms with Gasteiger partial charge in [0.15, 0.2) is 18.2 Å². The van der Waals surface area contributed by atoms with Crippen LogP contribution in [0.1, 0.15) is 12.5 Å². The van der Waals surface area contributed by atoms with Gasteiger partial charge in [-0.1, -0.05) is 18.2 Å². The number of nitrogens with one attached hydrogen (secondary N) is 1. The minimum Gasteiger partial charge on any atom is -0.470 e. The number of nitrogens with zero attached hydrogens (tertiary/aromatic N) is 2. The fourth-order valence-electron chi connectivity index (χ4n) is 3.15. The predicted octanol–water partition coefficient (Wildman–Crippen LogP) is 0.876. The van der Waals surface area contributed by atoms with Crippen LogP contribution in [0.3, 0.4) is 0 Å². The molecule has 24 heavy (non-hydrogen) atoms. The lowest BCUT2D eigenvalue weighted by molar-refractivity contribution is -0.148. The van der Waals surface area contributed by atoms with Crippen molar-refractivity contribution < 1.29 is 19.4 Å². The van der Waals surface area contributed by atoms with Crippen LogP contribution in [0.4, 0.5) is 0 Å². The molecule has 0 radical (unpaired) electrons. The Kier molecular flexibility index (Phi) is 3.31. The van der Waals surface area contributed by atoms with Crippen LogP contribution in [0.5, 0.6) is 0 Å². The summed E-state index contributed by atoms with van der Waals surface area (Å²) < 4.78 is 5.71. The van der Waals surface area contributed by atoms with E-state index in [4.69, 9.17) is 4.74 Å². The molecule has 1 saturated heterocycles. The highest BCUT2D eigenvalue weighted by atomic mass is 16.5. The van der Waals surface area contributed by atoms with E-state index < -0.39 is 6.04 Å². The van der Waals surface area contributed by atoms with Crippen LogP contribution in [-0.2, 0) is 14.3 Å². The molecule has 3 heterocycles. The maximum Gasteiger partial charge on any atom is 0.275 e. The normalized spacial score (nSPS) is 19.1. The van der Waals surface area contributed by atoms with Gasteiger partial charge in [-0.2, -0.15) is 0 Å². The fourth-order valence-corrected chi connectivity index (χ4v) is 3.15. The highest BCUT2D eigenvalue weighted by Crippen LogP contribution is 2.36. The topological polar surface area (TPSA) is 85.9 Å². The van der Waals surface area contributed by atoms with Crippen LogP contribution in [0.25, 0.3) is 16.7 Å². The van der Waals surface area contributed by atoms with Gasteiger partial charge in [-0.05, 0) is 13.0 Å². The van der Waals surface area contributed by atoms with E-state index in [1.54, 1.807) is 13.1 Å². The lowest BCUT2D eigenvalue weighted by Crippen LogP contribution is -2.54. The summed E-state index contributed by atoms with van der Waals surface area (Å²) in [6.07, 6.45) is 1.78. The maximum absolute atomic E-state index is 12.9. The van der Waals surface area contributed by atoms with Gasteiger partial charge < -0.3 is 19.7 Å². The van der Waals surface area contributed by atoms with Crippen molar-refractivity contribution in [1.82, 2.24) is 14.8 Å². The molecule has 4 rings (SSSR count). The summed E-state index contributed by atoms with van der Waals surface area (Å²) in [5.41, 5.74) is 1.93. The Morgan fingerprint density at radius 3 is 2.92 bits per heavy atom. The number of hydrogen-bond donors (Lipinski definition) is 2. The molecular weight excluding hydrogens is 310 g/mol. The van der Waals surface area contributed by atoms with Crippen molar-refractivity contribution in [2.24, 2.45) is 0 Å². The highest BCUT2D eigenvalue weighted by Gasteiger charge is 2.43. The minimum absolute atomic E-state index is 0.0378. The van der Waals surface area contributed by atoms with E-state index in [0.29, 0.717) is 5.76 Å². The Bertz CT molecular complexity index is 870. The van der Waals surface area contributed by atoms with E-state index >= 15 is 0 Å². The number of aromatic nitrogens is 1. The van der Waals surface area contributed by atoms with Gasteiger partial charge in [-0.15, -0.1) is 0 Å². The van der Waals surface area contributed by atoms with Crippen LogP contribution in [-0.4, -0.2) is 57.6 Å². The summed E-state index contributed by atoms with van der Waals surface area (Å²) >= 11 is 0. The van der Waals surface area contributed by atoms with Crippen molar-refractivity contribution in [3.8, 4) is 0 Å². The average Bonchev–Trinajstić information content (AvgIpc) is 3.21. The zero-order valence-corrected chi connectivity index (χ0v) is 13.2. The number of piperazine rings is 1. The lowest BCUT2D eigenvalue weighted by atomic mass is 10.1. The summed E-state index contributed by atoms with van der Waals surface area (Å²) in [6, 6.07) is 7.27. The smallest absolute Gasteiger partial charge is 0.275 e. The molecule has 0 unspecified atom stereocenters. The van der Waals surface area contributed by atoms with Crippen molar-refractivity contribution in [1.29, 1.82) is 0 Å². The number of aliphatic hydroxyl groups excluding tert-OH is 1. The number of fused-ring (bicyclic) bond motifs is 2. The first-order valence-corrected chi connectivity index (χ1v) is 7.77. The van der Waals surface area contributed by atoms with Crippen LogP contribution in [0.2, 0.25) is 0 Å². The maximum atomic E-state index is 12.9. The second kappa shape index (κ2) is 5.38. The van der Waals surface area contributed by atoms with E-state index in [-0.39, 0.29) is 37.4 Å². The molecule has 7 heteroatoms. The van der Waals surface area contributed by atoms with Gasteiger partial charge in [0.25, 0.3) is 5.91 Å². The van der Waals surface area contributed by atoms with Gasteiger partial charge in [0, 0.05) is 22.7 Å². The van der Waals surface area contributed by atoms with Crippen LogP contribution in [0, 0.1) is 0 Å². The van der Waals surface area contributed by atoms with Gasteiger partial charge >= 0.3 is 0 Å². The third-order valence-electron chi connectivity index (χ3n) is 4.52. The molecule has 1 aromatic carbocycles. The number of ether oxygens (including phenoxy) is 1. The summed E-state index contributed by atoms with van der Waals surface area (Å²) in [5, 5.41) is 10.3. The number of amides is 2. The number of rotatable bonds is 3. The third-order valence-corrected chi connectivity index (χ3v) is 4.52. The molecule has 0 spiro atoms. The third kappa shape index (κ3) is 2.01. The zero-order valence-electron chi connectivity index (χ0n) is 13.2. The number of H-pyrrole nitrogens is 1. The van der Waals surface area contributed by atoms with Crippen molar-refractivity contribution in [3.05, 3.63) is 41.7 Å². The Hall–Kier alpha value is -2.80. The standard InChI is InChI=1S/C17H17N3O4/c1-10(8-21)19-7-14(22)20-9-24-16(15(20)17(19)23)12-6-18-13-5-3-2-4-11(12)13/h2-6,10,18,21H,7-9H2,1H3/t10-/m1/s1. The summed E-state index contributed by atoms with van der Waals surface area (Å²) in [4.78, 5) is 31.1. The first-order chi connectivity index (χ1) is 11.6. The molecule has 1 aromatic heterocycles. The lowest BCUT2D eigenvalue weighted by Gasteiger charge is -2.35. The molecule has 2 aromatic rings. The number of benzene rings is 1. The second-order valence-corrected chi connectivity index (χ2v) is 5.99. The van der Waals surface area contributed by atoms with Gasteiger partial charge in [0.2, 0.25) is 5.91 Å². The SMILES string of the molecule is C[C@H](CO)N1CC(=O)N2COC(c3c[nH]c4ccccc34)=C2C1=O. The van der Waals surface area contributed by atoms with Crippen LogP contribution >= 0.6 is 0 Å². The van der Waals surface area contributed by atoms with E-state index in [1.165, 1.54) is 9.80 Å². The number of hydrogen-bond acceptors (Lipinski definition) is 4. The van der Waals surface area contributed by atoms with Crippen LogP contribution < -0.4 is 0 Å². The van der Waals surface area contributed by atoms with Crippen molar-refractivity contribution in [3.63, 3.8) is 0 Å². The van der Waals surface area contributed by atoms with Crippen LogP contribution in [0.15, 0.2) is 36.2 Å². The quantitative estimate of drug-likeness (QED) is 0.876. The first kappa shape index (κ1) is 14.8. The molecule has 2 amide bonds. The Morgan fingerprint density at radius 1 is 1.33 bits per heavy atom. The summed E-state index contributed by atoms with van der Waals surface area (Å²) in [5.74, 6) is -0.102. The Balaban J connectivity index is 1.85. The Morgan fingerprint density at radius 2 is 2.12 bits per heavy atom. The van der Waals surface area contributed by atoms with Crippen molar-refractivity contribution in [2.45, 2.75) is 13.0 Å². The van der Waals surface area contributed by atoms with Gasteiger partial charge in [0.05, 0.1) is 12.6 Å². The fraction of sp³-hybridized carbons (Fsp3) is 0.294. The molecule has 0 bridgehead atoms. The number of para-hydroxylation sites is 1. The molecular formula is C17H17N3O4. The van der Waals surface area contributed by atoms with Gasteiger partial charge in [-0.25, -0.2) is 0 Å². The molecule has 2 N–H and O–H groups in total. The highest BCUT2D eigenvalue weighted by molar-refractivity contribution is 6.10. The molecule has 2 aliphatic heterocycles. The number of aliphatic hydroxyl groups is 1. The summed E-state index contributed by atoms with van der Waals surface area (Å²) in [7, 11) is 0. The van der Waals surface area contributed by atoms with E-state index in [0.717, 1.165) is 16.5 Å². The molecule has 1 fully saturated rings. The van der Waals surface area contributed by atoms with Gasteiger partial charge in [-0.3, -0.25) is 14.5 Å². The predicted molar refractivity (Wildman–Crippen MR) is 86.3 cm³/mol. The molecule has 0 saturated carbocycles. The second-order valence-electron chi connectivity index (χ2n) is 5.99. The largest absolute Gasteiger partial charge is 0.470 e. The average molecular weight is 327 g/mol. The molecule has 124 valence electrons. The molecule has 0 aliphatic carbocycles. The van der Waals surface area contributed by atoms with Gasteiger partial charge in [0.1, 0.15) is 6.54 Å². The molecule has 1 atom stereocenters.